The van der Waals surface area contributed by atoms with E-state index in [4.69, 9.17) is 20.8 Å². The first-order valence-corrected chi connectivity index (χ1v) is 11.2. The van der Waals surface area contributed by atoms with Gasteiger partial charge < -0.3 is 19.0 Å². The number of hydrogen-bond acceptors (Lipinski definition) is 5. The van der Waals surface area contributed by atoms with Crippen LogP contribution >= 0.6 is 11.6 Å². The first-order chi connectivity index (χ1) is 15.0. The van der Waals surface area contributed by atoms with Gasteiger partial charge in [0, 0.05) is 37.1 Å². The molecule has 2 aliphatic heterocycles. The molecule has 1 aromatic carbocycles. The SMILES string of the molecule is COc1ccc(Cl)cc1C(=O)N1CCC(c2nc(C(=O)N3CCCCC3)c(C)o2)CC1. The molecule has 0 N–H and O–H groups in total. The third-order valence-corrected chi connectivity index (χ3v) is 6.42. The van der Waals surface area contributed by atoms with Crippen molar-refractivity contribution in [3.63, 3.8) is 0 Å². The van der Waals surface area contributed by atoms with Gasteiger partial charge in [-0.2, -0.15) is 0 Å². The summed E-state index contributed by atoms with van der Waals surface area (Å²) in [4.78, 5) is 34.1. The molecule has 3 heterocycles. The fourth-order valence-corrected chi connectivity index (χ4v) is 4.56. The van der Waals surface area contributed by atoms with Crippen LogP contribution in [0.4, 0.5) is 0 Å². The average Bonchev–Trinajstić information content (AvgIpc) is 3.20. The molecule has 0 unspecified atom stereocenters. The van der Waals surface area contributed by atoms with E-state index in [1.54, 1.807) is 37.1 Å². The molecule has 2 fully saturated rings. The average molecular weight is 446 g/mol. The molecule has 2 saturated heterocycles. The van der Waals surface area contributed by atoms with E-state index in [1.807, 2.05) is 4.90 Å². The number of nitrogens with zero attached hydrogens (tertiary/aromatic N) is 3. The summed E-state index contributed by atoms with van der Waals surface area (Å²) in [6.07, 6.45) is 4.71. The van der Waals surface area contributed by atoms with Gasteiger partial charge in [-0.1, -0.05) is 11.6 Å². The number of rotatable bonds is 4. The molecule has 166 valence electrons. The summed E-state index contributed by atoms with van der Waals surface area (Å²) in [7, 11) is 1.54. The second kappa shape index (κ2) is 9.30. The third kappa shape index (κ3) is 4.56. The van der Waals surface area contributed by atoms with E-state index in [9.17, 15) is 9.59 Å². The first-order valence-electron chi connectivity index (χ1n) is 10.9. The molecule has 7 nitrogen and oxygen atoms in total. The predicted octanol–water partition coefficient (Wildman–Crippen LogP) is 4.29. The van der Waals surface area contributed by atoms with Crippen LogP contribution in [0.1, 0.15) is 70.5 Å². The number of amides is 2. The number of hydrogen-bond donors (Lipinski definition) is 0. The van der Waals surface area contributed by atoms with Gasteiger partial charge in [-0.3, -0.25) is 9.59 Å². The summed E-state index contributed by atoms with van der Waals surface area (Å²) in [6, 6.07) is 5.06. The zero-order chi connectivity index (χ0) is 22.0. The number of carbonyl (C=O) groups is 2. The highest BCUT2D eigenvalue weighted by Gasteiger charge is 2.31. The largest absolute Gasteiger partial charge is 0.496 e. The Labute approximate surface area is 187 Å². The number of halogens is 1. The summed E-state index contributed by atoms with van der Waals surface area (Å²) >= 11 is 6.08. The standard InChI is InChI=1S/C23H28ClN3O4/c1-15-20(23(29)26-10-4-3-5-11-26)25-21(31-15)16-8-12-27(13-9-16)22(28)18-14-17(24)6-7-19(18)30-2/h6-7,14,16H,3-5,8-13H2,1-2H3. The van der Waals surface area contributed by atoms with E-state index in [0.29, 0.717) is 46.8 Å². The number of piperidine rings is 2. The van der Waals surface area contributed by atoms with Gasteiger partial charge in [-0.05, 0) is 57.2 Å². The second-order valence-corrected chi connectivity index (χ2v) is 8.66. The minimum absolute atomic E-state index is 0.0344. The highest BCUT2D eigenvalue weighted by atomic mass is 35.5. The predicted molar refractivity (Wildman–Crippen MR) is 117 cm³/mol. The highest BCUT2D eigenvalue weighted by molar-refractivity contribution is 6.31. The Morgan fingerprint density at radius 3 is 2.42 bits per heavy atom. The number of carbonyl (C=O) groups excluding carboxylic acids is 2. The molecule has 0 atom stereocenters. The minimum atomic E-state index is -0.0950. The van der Waals surface area contributed by atoms with Gasteiger partial charge >= 0.3 is 0 Å². The molecular weight excluding hydrogens is 418 g/mol. The molecule has 2 aromatic rings. The monoisotopic (exact) mass is 445 g/mol. The first kappa shape index (κ1) is 21.7. The topological polar surface area (TPSA) is 75.9 Å². The van der Waals surface area contributed by atoms with Crippen molar-refractivity contribution < 1.29 is 18.7 Å². The van der Waals surface area contributed by atoms with Crippen molar-refractivity contribution >= 4 is 23.4 Å². The molecule has 0 saturated carbocycles. The summed E-state index contributed by atoms with van der Waals surface area (Å²) < 4.78 is 11.2. The van der Waals surface area contributed by atoms with Crippen molar-refractivity contribution in [2.45, 2.75) is 44.9 Å². The number of benzene rings is 1. The lowest BCUT2D eigenvalue weighted by Gasteiger charge is -2.31. The van der Waals surface area contributed by atoms with Crippen LogP contribution in [0, 0.1) is 6.92 Å². The lowest BCUT2D eigenvalue weighted by molar-refractivity contribution is 0.0701. The summed E-state index contributed by atoms with van der Waals surface area (Å²) in [5, 5.41) is 0.500. The molecule has 0 bridgehead atoms. The Morgan fingerprint density at radius 2 is 1.74 bits per heavy atom. The number of oxazole rings is 1. The molecule has 0 aliphatic carbocycles. The van der Waals surface area contributed by atoms with Gasteiger partial charge in [0.25, 0.3) is 11.8 Å². The van der Waals surface area contributed by atoms with Crippen molar-refractivity contribution in [3.8, 4) is 5.75 Å². The van der Waals surface area contributed by atoms with Crippen molar-refractivity contribution in [2.75, 3.05) is 33.3 Å². The van der Waals surface area contributed by atoms with E-state index in [-0.39, 0.29) is 17.7 Å². The molecule has 0 radical (unpaired) electrons. The molecule has 0 spiro atoms. The smallest absolute Gasteiger partial charge is 0.276 e. The van der Waals surface area contributed by atoms with E-state index >= 15 is 0 Å². The van der Waals surface area contributed by atoms with E-state index in [2.05, 4.69) is 4.98 Å². The van der Waals surface area contributed by atoms with Crippen LogP contribution in [0.15, 0.2) is 22.6 Å². The van der Waals surface area contributed by atoms with E-state index < -0.39 is 0 Å². The van der Waals surface area contributed by atoms with Crippen LogP contribution in [0.3, 0.4) is 0 Å². The maximum atomic E-state index is 13.0. The van der Waals surface area contributed by atoms with Gasteiger partial charge in [0.1, 0.15) is 11.5 Å². The van der Waals surface area contributed by atoms with Crippen LogP contribution in [0.5, 0.6) is 5.75 Å². The third-order valence-electron chi connectivity index (χ3n) is 6.18. The lowest BCUT2D eigenvalue weighted by Crippen LogP contribution is -2.38. The maximum absolute atomic E-state index is 13.0. The van der Waals surface area contributed by atoms with Crippen molar-refractivity contribution in [1.82, 2.24) is 14.8 Å². The minimum Gasteiger partial charge on any atom is -0.496 e. The number of methoxy groups -OCH3 is 1. The number of aromatic nitrogens is 1. The molecule has 1 aromatic heterocycles. The van der Waals surface area contributed by atoms with Gasteiger partial charge in [-0.25, -0.2) is 4.98 Å². The van der Waals surface area contributed by atoms with Crippen LogP contribution in [0.25, 0.3) is 0 Å². The Hall–Kier alpha value is -2.54. The number of aryl methyl sites for hydroxylation is 1. The van der Waals surface area contributed by atoms with Crippen LogP contribution in [-0.4, -0.2) is 59.9 Å². The Balaban J connectivity index is 1.42. The van der Waals surface area contributed by atoms with Gasteiger partial charge in [0.05, 0.1) is 12.7 Å². The molecule has 2 amide bonds. The van der Waals surface area contributed by atoms with E-state index in [1.165, 1.54) is 6.42 Å². The molecule has 8 heteroatoms. The maximum Gasteiger partial charge on any atom is 0.276 e. The highest BCUT2D eigenvalue weighted by Crippen LogP contribution is 2.31. The van der Waals surface area contributed by atoms with Crippen LogP contribution in [-0.2, 0) is 0 Å². The summed E-state index contributed by atoms with van der Waals surface area (Å²) in [5.41, 5.74) is 0.897. The zero-order valence-corrected chi connectivity index (χ0v) is 18.8. The Kier molecular flexibility index (Phi) is 6.51. The Bertz CT molecular complexity index is 960. The number of likely N-dealkylation sites (tertiary alicyclic amines) is 2. The van der Waals surface area contributed by atoms with Crippen LogP contribution in [0.2, 0.25) is 5.02 Å². The number of ether oxygens (including phenoxy) is 1. The van der Waals surface area contributed by atoms with Crippen molar-refractivity contribution in [3.05, 3.63) is 46.1 Å². The molecule has 31 heavy (non-hydrogen) atoms. The fraction of sp³-hybridized carbons (Fsp3) is 0.522. The normalized spacial score (nSPS) is 17.6. The molecule has 2 aliphatic rings. The van der Waals surface area contributed by atoms with Gasteiger partial charge in [0.2, 0.25) is 0 Å². The fourth-order valence-electron chi connectivity index (χ4n) is 4.38. The lowest BCUT2D eigenvalue weighted by atomic mass is 9.96. The van der Waals surface area contributed by atoms with Crippen molar-refractivity contribution in [2.24, 2.45) is 0 Å². The van der Waals surface area contributed by atoms with Crippen molar-refractivity contribution in [1.29, 1.82) is 0 Å². The van der Waals surface area contributed by atoms with Gasteiger partial charge in [0.15, 0.2) is 11.6 Å². The van der Waals surface area contributed by atoms with E-state index in [0.717, 1.165) is 38.8 Å². The zero-order valence-electron chi connectivity index (χ0n) is 18.0. The summed E-state index contributed by atoms with van der Waals surface area (Å²) in [5.74, 6) is 1.65. The Morgan fingerprint density at radius 1 is 1.06 bits per heavy atom. The second-order valence-electron chi connectivity index (χ2n) is 8.22. The molecule has 4 rings (SSSR count). The van der Waals surface area contributed by atoms with Gasteiger partial charge in [-0.15, -0.1) is 0 Å². The van der Waals surface area contributed by atoms with Crippen LogP contribution < -0.4 is 4.74 Å². The summed E-state index contributed by atoms with van der Waals surface area (Å²) in [6.45, 7) is 4.53. The quantitative estimate of drug-likeness (QED) is 0.701. The molecular formula is C23H28ClN3O4.